The van der Waals surface area contributed by atoms with Crippen LogP contribution in [0, 0.1) is 0 Å². The van der Waals surface area contributed by atoms with Crippen LogP contribution in [0.15, 0.2) is 23.1 Å². The van der Waals surface area contributed by atoms with Gasteiger partial charge < -0.3 is 16.4 Å². The maximum absolute atomic E-state index is 13.6. The Bertz CT molecular complexity index is 674. The highest BCUT2D eigenvalue weighted by Crippen LogP contribution is 2.34. The van der Waals surface area contributed by atoms with E-state index in [1.807, 2.05) is 4.90 Å². The number of benzene rings is 1. The smallest absolute Gasteiger partial charge is 0.270 e. The lowest BCUT2D eigenvalue weighted by Gasteiger charge is -2.22. The van der Waals surface area contributed by atoms with Crippen LogP contribution in [0.2, 0.25) is 0 Å². The van der Waals surface area contributed by atoms with Crippen molar-refractivity contribution < 1.29 is 18.4 Å². The molecule has 1 aliphatic heterocycles. The first-order chi connectivity index (χ1) is 11.2. The Morgan fingerprint density at radius 2 is 2.17 bits per heavy atom. The van der Waals surface area contributed by atoms with E-state index in [4.69, 9.17) is 11.5 Å². The molecule has 1 aromatic carbocycles. The number of alkyl halides is 2. The molecule has 24 heavy (non-hydrogen) atoms. The second kappa shape index (κ2) is 7.31. The summed E-state index contributed by atoms with van der Waals surface area (Å²) in [5.41, 5.74) is 12.5. The van der Waals surface area contributed by atoms with Crippen LogP contribution in [-0.2, 0) is 15.5 Å². The molecular weight excluding hydrogens is 336 g/mol. The van der Waals surface area contributed by atoms with Gasteiger partial charge in [-0.1, -0.05) is 6.07 Å². The van der Waals surface area contributed by atoms with Crippen molar-refractivity contribution in [3.05, 3.63) is 34.2 Å². The van der Waals surface area contributed by atoms with Crippen molar-refractivity contribution in [2.45, 2.75) is 25.3 Å². The zero-order valence-corrected chi connectivity index (χ0v) is 14.0. The van der Waals surface area contributed by atoms with Gasteiger partial charge in [0.2, 0.25) is 0 Å². The lowest BCUT2D eigenvalue weighted by Crippen LogP contribution is -2.27. The van der Waals surface area contributed by atoms with E-state index in [1.165, 1.54) is 18.2 Å². The van der Waals surface area contributed by atoms with Crippen molar-refractivity contribution in [3.8, 4) is 0 Å². The number of carbonyl (C=O) groups excluding carboxylic acids is 2. The van der Waals surface area contributed by atoms with Crippen LogP contribution in [0.5, 0.6) is 0 Å². The average molecular weight is 355 g/mol. The molecule has 1 saturated heterocycles. The van der Waals surface area contributed by atoms with E-state index in [2.05, 4.69) is 0 Å². The third-order valence-corrected chi connectivity index (χ3v) is 4.47. The number of nitrogens with two attached hydrogens (primary N) is 2. The Hall–Kier alpha value is -1.93. The van der Waals surface area contributed by atoms with E-state index >= 15 is 0 Å². The molecule has 1 aromatic rings. The van der Waals surface area contributed by atoms with Gasteiger partial charge in [-0.2, -0.15) is 0 Å². The first-order valence-electron chi connectivity index (χ1n) is 7.37. The topological polar surface area (TPSA) is 89.4 Å². The molecule has 1 amide bonds. The number of hydrogen-bond acceptors (Lipinski definition) is 5. The molecule has 130 valence electrons. The fourth-order valence-corrected chi connectivity index (χ4v) is 3.01. The van der Waals surface area contributed by atoms with Crippen molar-refractivity contribution in [2.24, 2.45) is 11.5 Å². The number of carbonyl (C=O) groups is 2. The van der Waals surface area contributed by atoms with Gasteiger partial charge >= 0.3 is 0 Å². The number of halogens is 2. The number of primary amides is 1. The largest absolute Gasteiger partial charge is 0.369 e. The first-order valence-corrected chi connectivity index (χ1v) is 8.25. The van der Waals surface area contributed by atoms with Crippen molar-refractivity contribution in [3.63, 3.8) is 0 Å². The van der Waals surface area contributed by atoms with Gasteiger partial charge in [0.15, 0.2) is 5.62 Å². The molecule has 5 nitrogen and oxygen atoms in total. The number of anilines is 1. The van der Waals surface area contributed by atoms with Crippen molar-refractivity contribution >= 4 is 35.1 Å². The summed E-state index contributed by atoms with van der Waals surface area (Å²) < 4.78 is 27.3. The zero-order chi connectivity index (χ0) is 17.9. The van der Waals surface area contributed by atoms with Crippen LogP contribution in [0.4, 0.5) is 14.5 Å². The molecule has 0 unspecified atom stereocenters. The van der Waals surface area contributed by atoms with Gasteiger partial charge in [0.05, 0.1) is 4.91 Å². The summed E-state index contributed by atoms with van der Waals surface area (Å²) in [5.74, 6) is -3.81. The molecule has 0 bridgehead atoms. The van der Waals surface area contributed by atoms with Gasteiger partial charge in [0.25, 0.3) is 11.8 Å². The Kier molecular flexibility index (Phi) is 5.61. The molecule has 1 heterocycles. The normalized spacial score (nSPS) is 18.8. The zero-order valence-electron chi connectivity index (χ0n) is 13.2. The first kappa shape index (κ1) is 18.4. The maximum atomic E-state index is 13.6. The SMILES string of the molecule is CC(F)(F)c1ccc(N2CC[C@H](N)C2)c(/C=C(\SC=O)C(N)=O)c1. The number of hydrogen-bond donors (Lipinski definition) is 2. The van der Waals surface area contributed by atoms with Gasteiger partial charge in [-0.25, -0.2) is 8.78 Å². The molecule has 0 spiro atoms. The van der Waals surface area contributed by atoms with Crippen LogP contribution in [0.3, 0.4) is 0 Å². The fraction of sp³-hybridized carbons (Fsp3) is 0.375. The summed E-state index contributed by atoms with van der Waals surface area (Å²) >= 11 is 0.620. The summed E-state index contributed by atoms with van der Waals surface area (Å²) in [6.07, 6.45) is 2.16. The number of rotatable bonds is 6. The Morgan fingerprint density at radius 3 is 2.67 bits per heavy atom. The minimum Gasteiger partial charge on any atom is -0.369 e. The van der Waals surface area contributed by atoms with E-state index < -0.39 is 11.8 Å². The Morgan fingerprint density at radius 1 is 1.46 bits per heavy atom. The minimum absolute atomic E-state index is 0.00804. The Balaban J connectivity index is 2.53. The van der Waals surface area contributed by atoms with Crippen LogP contribution >= 0.6 is 11.8 Å². The maximum Gasteiger partial charge on any atom is 0.270 e. The summed E-state index contributed by atoms with van der Waals surface area (Å²) in [7, 11) is 0. The van der Waals surface area contributed by atoms with E-state index in [1.54, 1.807) is 6.07 Å². The van der Waals surface area contributed by atoms with Crippen LogP contribution in [-0.4, -0.2) is 30.7 Å². The second-order valence-corrected chi connectivity index (χ2v) is 6.61. The second-order valence-electron chi connectivity index (χ2n) is 5.74. The standard InChI is InChI=1S/C16H19F2N3O2S/c1-16(17,18)11-2-3-13(21-5-4-12(19)8-21)10(6-11)7-14(15(20)23)24-9-22/h2-3,6-7,9,12H,4-5,8,19H2,1H3,(H2,20,23)/b14-7-/t12-/m0/s1. The predicted molar refractivity (Wildman–Crippen MR) is 92.3 cm³/mol. The lowest BCUT2D eigenvalue weighted by molar-refractivity contribution is -0.113. The lowest BCUT2D eigenvalue weighted by atomic mass is 10.0. The molecule has 0 saturated carbocycles. The highest BCUT2D eigenvalue weighted by molar-refractivity contribution is 8.16. The summed E-state index contributed by atoms with van der Waals surface area (Å²) in [4.78, 5) is 24.1. The van der Waals surface area contributed by atoms with Gasteiger partial charge in [-0.15, -0.1) is 0 Å². The molecule has 1 atom stereocenters. The number of nitrogens with zero attached hydrogens (tertiary/aromatic N) is 1. The molecule has 1 aliphatic rings. The van der Waals surface area contributed by atoms with Crippen LogP contribution in [0.1, 0.15) is 24.5 Å². The molecule has 0 aliphatic carbocycles. The number of amides is 1. The monoisotopic (exact) mass is 355 g/mol. The van der Waals surface area contributed by atoms with Crippen molar-refractivity contribution in [1.82, 2.24) is 0 Å². The predicted octanol–water partition coefficient (Wildman–Crippen LogP) is 2.09. The quantitative estimate of drug-likeness (QED) is 0.602. The molecule has 0 aromatic heterocycles. The molecule has 4 N–H and O–H groups in total. The van der Waals surface area contributed by atoms with Crippen molar-refractivity contribution in [1.29, 1.82) is 0 Å². The van der Waals surface area contributed by atoms with E-state index in [0.29, 0.717) is 41.7 Å². The van der Waals surface area contributed by atoms with Gasteiger partial charge in [-0.3, -0.25) is 9.59 Å². The van der Waals surface area contributed by atoms with Crippen molar-refractivity contribution in [2.75, 3.05) is 18.0 Å². The highest BCUT2D eigenvalue weighted by Gasteiger charge is 2.27. The molecule has 8 heteroatoms. The van der Waals surface area contributed by atoms with Gasteiger partial charge in [0.1, 0.15) is 0 Å². The average Bonchev–Trinajstić information content (AvgIpc) is 2.92. The molecular formula is C16H19F2N3O2S. The molecule has 2 rings (SSSR count). The fourth-order valence-electron chi connectivity index (χ4n) is 2.59. The van der Waals surface area contributed by atoms with E-state index in [-0.39, 0.29) is 16.5 Å². The summed E-state index contributed by atoms with van der Waals surface area (Å²) in [6, 6.07) is 4.26. The van der Waals surface area contributed by atoms with Crippen LogP contribution < -0.4 is 16.4 Å². The molecule has 1 fully saturated rings. The third kappa shape index (κ3) is 4.33. The van der Waals surface area contributed by atoms with Gasteiger partial charge in [-0.05, 0) is 42.0 Å². The molecule has 0 radical (unpaired) electrons. The van der Waals surface area contributed by atoms with E-state index in [9.17, 15) is 18.4 Å². The highest BCUT2D eigenvalue weighted by atomic mass is 32.2. The summed E-state index contributed by atoms with van der Waals surface area (Å²) in [5, 5.41) is 0. The minimum atomic E-state index is -3.02. The number of thioether (sulfide) groups is 1. The third-order valence-electron chi connectivity index (χ3n) is 3.80. The summed E-state index contributed by atoms with van der Waals surface area (Å²) in [6.45, 7) is 2.09. The Labute approximate surface area is 143 Å². The van der Waals surface area contributed by atoms with E-state index in [0.717, 1.165) is 13.3 Å². The van der Waals surface area contributed by atoms with Crippen LogP contribution in [0.25, 0.3) is 6.08 Å². The van der Waals surface area contributed by atoms with Gasteiger partial charge in [0, 0.05) is 37.3 Å².